The molecule has 2 unspecified atom stereocenters. The van der Waals surface area contributed by atoms with Gasteiger partial charge in [0.05, 0.1) is 0 Å². The molecule has 5 heteroatoms. The van der Waals surface area contributed by atoms with E-state index in [-0.39, 0.29) is 11.9 Å². The number of carbonyl (C=O) groups excluding carboxylic acids is 1. The average molecular weight is 256 g/mol. The molecule has 0 spiro atoms. The Morgan fingerprint density at radius 3 is 2.67 bits per heavy atom. The fraction of sp³-hybridized carbons (Fsp3) is 0.923. The Morgan fingerprint density at radius 1 is 1.44 bits per heavy atom. The number of nitrogens with zero attached hydrogens (tertiary/aromatic N) is 2. The first kappa shape index (κ1) is 15.4. The van der Waals surface area contributed by atoms with Gasteiger partial charge in [0.25, 0.3) is 0 Å². The maximum Gasteiger partial charge on any atom is 0.221 e. The molecule has 1 fully saturated rings. The summed E-state index contributed by atoms with van der Waals surface area (Å²) in [5, 5.41) is 2.85. The average Bonchev–Trinajstić information content (AvgIpc) is 2.36. The summed E-state index contributed by atoms with van der Waals surface area (Å²) in [5.74, 6) is 0.110. The van der Waals surface area contributed by atoms with Gasteiger partial charge in [0.1, 0.15) is 0 Å². The van der Waals surface area contributed by atoms with Crippen LogP contribution in [0.2, 0.25) is 0 Å². The van der Waals surface area contributed by atoms with Crippen LogP contribution in [0.3, 0.4) is 0 Å². The standard InChI is InChI=1S/C13H28N4O/c1-4-15-13(18)8-12(9-14)17-7-6-16(5-2)11(3)10-17/h11-12H,4-10,14H2,1-3H3,(H,15,18). The Bertz CT molecular complexity index is 259. The molecular formula is C13H28N4O. The third-order valence-corrected chi connectivity index (χ3v) is 3.79. The summed E-state index contributed by atoms with van der Waals surface area (Å²) in [5.41, 5.74) is 5.83. The fourth-order valence-electron chi connectivity index (χ4n) is 2.67. The van der Waals surface area contributed by atoms with Gasteiger partial charge in [0.15, 0.2) is 0 Å². The minimum absolute atomic E-state index is 0.110. The van der Waals surface area contributed by atoms with Gasteiger partial charge in [0, 0.05) is 51.2 Å². The van der Waals surface area contributed by atoms with Crippen LogP contribution in [-0.4, -0.2) is 67.1 Å². The van der Waals surface area contributed by atoms with Gasteiger partial charge >= 0.3 is 0 Å². The number of nitrogens with one attached hydrogen (secondary N) is 1. The van der Waals surface area contributed by atoms with E-state index in [0.717, 1.165) is 26.2 Å². The van der Waals surface area contributed by atoms with Crippen LogP contribution < -0.4 is 11.1 Å². The second kappa shape index (κ2) is 7.71. The largest absolute Gasteiger partial charge is 0.356 e. The van der Waals surface area contributed by atoms with Crippen LogP contribution in [0.4, 0.5) is 0 Å². The van der Waals surface area contributed by atoms with Crippen LogP contribution in [-0.2, 0) is 4.79 Å². The van der Waals surface area contributed by atoms with Crippen LogP contribution in [0.5, 0.6) is 0 Å². The van der Waals surface area contributed by atoms with E-state index in [1.807, 2.05) is 6.92 Å². The van der Waals surface area contributed by atoms with Gasteiger partial charge in [-0.15, -0.1) is 0 Å². The monoisotopic (exact) mass is 256 g/mol. The number of likely N-dealkylation sites (N-methyl/N-ethyl adjacent to an activating group) is 1. The van der Waals surface area contributed by atoms with Gasteiger partial charge < -0.3 is 11.1 Å². The molecule has 18 heavy (non-hydrogen) atoms. The topological polar surface area (TPSA) is 61.6 Å². The molecule has 1 aliphatic rings. The number of nitrogens with two attached hydrogens (primary N) is 1. The van der Waals surface area contributed by atoms with E-state index in [0.29, 0.717) is 25.6 Å². The Kier molecular flexibility index (Phi) is 6.60. The fourth-order valence-corrected chi connectivity index (χ4v) is 2.67. The van der Waals surface area contributed by atoms with Gasteiger partial charge in [-0.3, -0.25) is 14.6 Å². The molecule has 1 aliphatic heterocycles. The van der Waals surface area contributed by atoms with E-state index in [9.17, 15) is 4.79 Å². The zero-order valence-corrected chi connectivity index (χ0v) is 12.0. The lowest BCUT2D eigenvalue weighted by atomic mass is 10.1. The summed E-state index contributed by atoms with van der Waals surface area (Å²) in [6, 6.07) is 0.727. The van der Waals surface area contributed by atoms with E-state index in [1.165, 1.54) is 0 Å². The van der Waals surface area contributed by atoms with E-state index in [4.69, 9.17) is 5.73 Å². The van der Waals surface area contributed by atoms with Crippen molar-refractivity contribution >= 4 is 5.91 Å². The molecule has 1 saturated heterocycles. The predicted octanol–water partition coefficient (Wildman–Crippen LogP) is -0.134. The molecule has 5 nitrogen and oxygen atoms in total. The summed E-state index contributed by atoms with van der Waals surface area (Å²) in [6.07, 6.45) is 0.517. The number of amides is 1. The normalized spacial score (nSPS) is 23.9. The summed E-state index contributed by atoms with van der Waals surface area (Å²) in [6.45, 7) is 11.8. The molecule has 1 amide bonds. The first-order chi connectivity index (χ1) is 8.62. The van der Waals surface area contributed by atoms with Crippen molar-refractivity contribution in [3.8, 4) is 0 Å². The highest BCUT2D eigenvalue weighted by atomic mass is 16.1. The Morgan fingerprint density at radius 2 is 2.17 bits per heavy atom. The van der Waals surface area contributed by atoms with E-state index in [1.54, 1.807) is 0 Å². The van der Waals surface area contributed by atoms with E-state index < -0.39 is 0 Å². The molecule has 0 aromatic rings. The highest BCUT2D eigenvalue weighted by molar-refractivity contribution is 5.76. The number of hydrogen-bond donors (Lipinski definition) is 2. The van der Waals surface area contributed by atoms with Gasteiger partial charge in [-0.2, -0.15) is 0 Å². The van der Waals surface area contributed by atoms with E-state index >= 15 is 0 Å². The van der Waals surface area contributed by atoms with Crippen molar-refractivity contribution < 1.29 is 4.79 Å². The molecule has 0 aromatic carbocycles. The van der Waals surface area contributed by atoms with Crippen LogP contribution in [0, 0.1) is 0 Å². The van der Waals surface area contributed by atoms with Crippen LogP contribution in [0.15, 0.2) is 0 Å². The van der Waals surface area contributed by atoms with Crippen molar-refractivity contribution in [1.82, 2.24) is 15.1 Å². The minimum Gasteiger partial charge on any atom is -0.356 e. The summed E-state index contributed by atoms with van der Waals surface area (Å²) < 4.78 is 0. The Labute approximate surface area is 111 Å². The van der Waals surface area contributed by atoms with Crippen molar-refractivity contribution in [2.75, 3.05) is 39.3 Å². The van der Waals surface area contributed by atoms with Crippen molar-refractivity contribution in [2.45, 2.75) is 39.3 Å². The minimum atomic E-state index is 0.110. The maximum atomic E-state index is 11.7. The lowest BCUT2D eigenvalue weighted by Gasteiger charge is -2.42. The first-order valence-corrected chi connectivity index (χ1v) is 7.07. The second-order valence-corrected chi connectivity index (χ2v) is 5.02. The summed E-state index contributed by atoms with van der Waals surface area (Å²) in [7, 11) is 0. The zero-order chi connectivity index (χ0) is 13.5. The molecule has 1 heterocycles. The number of hydrogen-bond acceptors (Lipinski definition) is 4. The number of rotatable bonds is 6. The molecule has 0 aromatic heterocycles. The molecule has 2 atom stereocenters. The molecule has 0 radical (unpaired) electrons. The zero-order valence-electron chi connectivity index (χ0n) is 12.0. The van der Waals surface area contributed by atoms with Crippen LogP contribution >= 0.6 is 0 Å². The van der Waals surface area contributed by atoms with Crippen molar-refractivity contribution in [2.24, 2.45) is 5.73 Å². The van der Waals surface area contributed by atoms with Gasteiger partial charge in [-0.05, 0) is 20.4 Å². The van der Waals surface area contributed by atoms with Gasteiger partial charge in [-0.25, -0.2) is 0 Å². The molecule has 0 aliphatic carbocycles. The predicted molar refractivity (Wildman–Crippen MR) is 74.4 cm³/mol. The highest BCUT2D eigenvalue weighted by Crippen LogP contribution is 2.13. The molecule has 0 bridgehead atoms. The third-order valence-electron chi connectivity index (χ3n) is 3.79. The summed E-state index contributed by atoms with van der Waals surface area (Å²) in [4.78, 5) is 16.5. The smallest absolute Gasteiger partial charge is 0.221 e. The van der Waals surface area contributed by atoms with Crippen LogP contribution in [0.25, 0.3) is 0 Å². The number of piperazine rings is 1. The number of carbonyl (C=O) groups is 1. The maximum absolute atomic E-state index is 11.7. The summed E-state index contributed by atoms with van der Waals surface area (Å²) >= 11 is 0. The molecule has 0 saturated carbocycles. The lowest BCUT2D eigenvalue weighted by Crippen LogP contribution is -2.56. The SMILES string of the molecule is CCNC(=O)CC(CN)N1CCN(CC)C(C)C1. The van der Waals surface area contributed by atoms with E-state index in [2.05, 4.69) is 29.0 Å². The first-order valence-electron chi connectivity index (χ1n) is 7.07. The molecule has 106 valence electrons. The Hall–Kier alpha value is -0.650. The highest BCUT2D eigenvalue weighted by Gasteiger charge is 2.27. The quantitative estimate of drug-likeness (QED) is 0.695. The van der Waals surface area contributed by atoms with Crippen LogP contribution in [0.1, 0.15) is 27.2 Å². The van der Waals surface area contributed by atoms with Crippen molar-refractivity contribution in [3.05, 3.63) is 0 Å². The lowest BCUT2D eigenvalue weighted by molar-refractivity contribution is -0.122. The van der Waals surface area contributed by atoms with Crippen molar-refractivity contribution in [1.29, 1.82) is 0 Å². The molecule has 1 rings (SSSR count). The molecular weight excluding hydrogens is 228 g/mol. The Balaban J connectivity index is 2.48. The van der Waals surface area contributed by atoms with Gasteiger partial charge in [-0.1, -0.05) is 6.92 Å². The van der Waals surface area contributed by atoms with Gasteiger partial charge in [0.2, 0.25) is 5.91 Å². The third kappa shape index (κ3) is 4.23. The second-order valence-electron chi connectivity index (χ2n) is 5.02. The molecule has 3 N–H and O–H groups in total. The van der Waals surface area contributed by atoms with Crippen molar-refractivity contribution in [3.63, 3.8) is 0 Å².